The quantitative estimate of drug-likeness (QED) is 0.828. The van der Waals surface area contributed by atoms with Crippen molar-refractivity contribution in [2.45, 2.75) is 11.8 Å². The summed E-state index contributed by atoms with van der Waals surface area (Å²) < 4.78 is 40.3. The second kappa shape index (κ2) is 5.71. The van der Waals surface area contributed by atoms with E-state index < -0.39 is 15.8 Å². The zero-order valence-corrected chi connectivity index (χ0v) is 13.2. The van der Waals surface area contributed by atoms with Crippen LogP contribution < -0.4 is 10.5 Å². The zero-order valence-electron chi connectivity index (χ0n) is 10.8. The molecule has 2 rings (SSSR count). The Morgan fingerprint density at radius 3 is 2.48 bits per heavy atom. The fourth-order valence-corrected chi connectivity index (χ4v) is 3.58. The standard InChI is InChI=1S/C13H11Cl2FN2O2S/c1-7-4-10(16)11(17)6-13(7)21(19,20)18-12-3-2-8(14)5-9(12)15/h2-6,18H,17H2,1H3. The van der Waals surface area contributed by atoms with Crippen LogP contribution in [0.3, 0.4) is 0 Å². The summed E-state index contributed by atoms with van der Waals surface area (Å²) >= 11 is 11.7. The maximum Gasteiger partial charge on any atom is 0.262 e. The van der Waals surface area contributed by atoms with Crippen LogP contribution >= 0.6 is 23.2 Å². The molecule has 2 aromatic carbocycles. The maximum atomic E-state index is 13.3. The molecule has 21 heavy (non-hydrogen) atoms. The molecule has 2 aromatic rings. The minimum Gasteiger partial charge on any atom is -0.396 e. The van der Waals surface area contributed by atoms with Crippen molar-refractivity contribution < 1.29 is 12.8 Å². The number of aryl methyl sites for hydroxylation is 1. The molecule has 0 amide bonds. The van der Waals surface area contributed by atoms with Gasteiger partial charge < -0.3 is 5.73 Å². The molecule has 0 aliphatic carbocycles. The van der Waals surface area contributed by atoms with Crippen LogP contribution in [0, 0.1) is 12.7 Å². The number of sulfonamides is 1. The fourth-order valence-electron chi connectivity index (χ4n) is 1.73. The molecular weight excluding hydrogens is 338 g/mol. The van der Waals surface area contributed by atoms with Crippen molar-refractivity contribution >= 4 is 44.6 Å². The van der Waals surface area contributed by atoms with E-state index in [4.69, 9.17) is 28.9 Å². The van der Waals surface area contributed by atoms with Crippen LogP contribution in [-0.2, 0) is 10.0 Å². The van der Waals surface area contributed by atoms with Gasteiger partial charge in [-0.3, -0.25) is 4.72 Å². The van der Waals surface area contributed by atoms with Gasteiger partial charge in [-0.15, -0.1) is 0 Å². The first-order chi connectivity index (χ1) is 9.70. The van der Waals surface area contributed by atoms with Crippen molar-refractivity contribution in [3.05, 3.63) is 51.8 Å². The van der Waals surface area contributed by atoms with Crippen molar-refractivity contribution in [2.75, 3.05) is 10.5 Å². The van der Waals surface area contributed by atoms with Crippen LogP contribution in [0.5, 0.6) is 0 Å². The van der Waals surface area contributed by atoms with Gasteiger partial charge >= 0.3 is 0 Å². The molecule has 0 saturated heterocycles. The van der Waals surface area contributed by atoms with Gasteiger partial charge in [-0.2, -0.15) is 0 Å². The molecular formula is C13H11Cl2FN2O2S. The Morgan fingerprint density at radius 2 is 1.86 bits per heavy atom. The molecule has 0 radical (unpaired) electrons. The molecule has 0 aromatic heterocycles. The highest BCUT2D eigenvalue weighted by Crippen LogP contribution is 2.29. The molecule has 0 aliphatic heterocycles. The van der Waals surface area contributed by atoms with Crippen LogP contribution in [0.25, 0.3) is 0 Å². The molecule has 8 heteroatoms. The predicted molar refractivity (Wildman–Crippen MR) is 82.8 cm³/mol. The Hall–Kier alpha value is -1.50. The molecule has 0 bridgehead atoms. The number of nitrogen functional groups attached to an aromatic ring is 1. The molecule has 4 nitrogen and oxygen atoms in total. The first-order valence-electron chi connectivity index (χ1n) is 5.74. The monoisotopic (exact) mass is 348 g/mol. The van der Waals surface area contributed by atoms with E-state index in [0.29, 0.717) is 5.02 Å². The SMILES string of the molecule is Cc1cc(F)c(N)cc1S(=O)(=O)Nc1ccc(Cl)cc1Cl. The van der Waals surface area contributed by atoms with Crippen molar-refractivity contribution in [2.24, 2.45) is 0 Å². The first-order valence-corrected chi connectivity index (χ1v) is 7.98. The van der Waals surface area contributed by atoms with Crippen LogP contribution in [0.1, 0.15) is 5.56 Å². The van der Waals surface area contributed by atoms with E-state index in [2.05, 4.69) is 4.72 Å². The third-order valence-corrected chi connectivity index (χ3v) is 4.81. The molecule has 0 aliphatic rings. The largest absolute Gasteiger partial charge is 0.396 e. The summed E-state index contributed by atoms with van der Waals surface area (Å²) in [5.74, 6) is -0.670. The number of rotatable bonds is 3. The lowest BCUT2D eigenvalue weighted by Gasteiger charge is -2.12. The number of halogens is 3. The number of nitrogens with one attached hydrogen (secondary N) is 1. The average molecular weight is 349 g/mol. The van der Waals surface area contributed by atoms with Crippen LogP contribution in [0.2, 0.25) is 10.0 Å². The second-order valence-electron chi connectivity index (χ2n) is 4.37. The Kier molecular flexibility index (Phi) is 4.32. The summed E-state index contributed by atoms with van der Waals surface area (Å²) in [5, 5.41) is 0.531. The highest BCUT2D eigenvalue weighted by Gasteiger charge is 2.20. The number of nitrogens with two attached hydrogens (primary N) is 1. The summed E-state index contributed by atoms with van der Waals surface area (Å²) in [6, 6.07) is 6.47. The van der Waals surface area contributed by atoms with E-state index in [1.54, 1.807) is 0 Å². The first kappa shape index (κ1) is 15.9. The van der Waals surface area contributed by atoms with Crippen molar-refractivity contribution in [1.29, 1.82) is 0 Å². The Bertz CT molecular complexity index is 810. The maximum absolute atomic E-state index is 13.3. The van der Waals surface area contributed by atoms with Crippen LogP contribution in [0.15, 0.2) is 35.2 Å². The third-order valence-electron chi connectivity index (χ3n) is 2.76. The van der Waals surface area contributed by atoms with Crippen LogP contribution in [-0.4, -0.2) is 8.42 Å². The van der Waals surface area contributed by atoms with Gasteiger partial charge in [0.05, 0.1) is 21.3 Å². The van der Waals surface area contributed by atoms with Crippen molar-refractivity contribution in [1.82, 2.24) is 0 Å². The number of benzene rings is 2. The van der Waals surface area contributed by atoms with Gasteiger partial charge in [-0.1, -0.05) is 23.2 Å². The smallest absolute Gasteiger partial charge is 0.262 e. The highest BCUT2D eigenvalue weighted by molar-refractivity contribution is 7.92. The zero-order chi connectivity index (χ0) is 15.8. The topological polar surface area (TPSA) is 72.2 Å². The van der Waals surface area contributed by atoms with Gasteiger partial charge in [-0.05, 0) is 42.8 Å². The summed E-state index contributed by atoms with van der Waals surface area (Å²) in [7, 11) is -3.94. The molecule has 0 spiro atoms. The predicted octanol–water partition coefficient (Wildman–Crippen LogP) is 3.82. The highest BCUT2D eigenvalue weighted by atomic mass is 35.5. The van der Waals surface area contributed by atoms with E-state index in [9.17, 15) is 12.8 Å². The van der Waals surface area contributed by atoms with E-state index in [1.165, 1.54) is 25.1 Å². The molecule has 112 valence electrons. The van der Waals surface area contributed by atoms with Gasteiger partial charge in [-0.25, -0.2) is 12.8 Å². The Morgan fingerprint density at radius 1 is 1.19 bits per heavy atom. The third kappa shape index (κ3) is 3.40. The van der Waals surface area contributed by atoms with Crippen molar-refractivity contribution in [3.8, 4) is 0 Å². The fraction of sp³-hybridized carbons (Fsp3) is 0.0769. The number of anilines is 2. The van der Waals surface area contributed by atoms with E-state index in [-0.39, 0.29) is 26.9 Å². The second-order valence-corrected chi connectivity index (χ2v) is 6.86. The van der Waals surface area contributed by atoms with Gasteiger partial charge in [0.15, 0.2) is 0 Å². The lowest BCUT2D eigenvalue weighted by atomic mass is 10.2. The van der Waals surface area contributed by atoms with Gasteiger partial charge in [0.1, 0.15) is 5.82 Å². The van der Waals surface area contributed by atoms with Crippen LogP contribution in [0.4, 0.5) is 15.8 Å². The van der Waals surface area contributed by atoms with Gasteiger partial charge in [0, 0.05) is 5.02 Å². The normalized spacial score (nSPS) is 11.4. The molecule has 0 fully saturated rings. The summed E-state index contributed by atoms with van der Waals surface area (Å²) in [6.45, 7) is 1.47. The van der Waals surface area contributed by atoms with Gasteiger partial charge in [0.2, 0.25) is 0 Å². The molecule has 0 heterocycles. The Labute approximate surface area is 131 Å². The van der Waals surface area contributed by atoms with Gasteiger partial charge in [0.25, 0.3) is 10.0 Å². The van der Waals surface area contributed by atoms with E-state index in [1.807, 2.05) is 0 Å². The summed E-state index contributed by atoms with van der Waals surface area (Å²) in [4.78, 5) is -0.118. The summed E-state index contributed by atoms with van der Waals surface area (Å²) in [6.07, 6.45) is 0. The van der Waals surface area contributed by atoms with E-state index in [0.717, 1.165) is 12.1 Å². The van der Waals surface area contributed by atoms with Crippen molar-refractivity contribution in [3.63, 3.8) is 0 Å². The number of hydrogen-bond donors (Lipinski definition) is 2. The average Bonchev–Trinajstić information content (AvgIpc) is 2.37. The lowest BCUT2D eigenvalue weighted by Crippen LogP contribution is -2.15. The minimum absolute atomic E-state index is 0.118. The van der Waals surface area contributed by atoms with E-state index >= 15 is 0 Å². The minimum atomic E-state index is -3.94. The number of hydrogen-bond acceptors (Lipinski definition) is 3. The Balaban J connectivity index is 2.46. The molecule has 3 N–H and O–H groups in total. The summed E-state index contributed by atoms with van der Waals surface area (Å²) in [5.41, 5.74) is 5.58. The molecule has 0 saturated carbocycles. The molecule has 0 unspecified atom stereocenters. The molecule has 0 atom stereocenters. The lowest BCUT2D eigenvalue weighted by molar-refractivity contribution is 0.599.